The number of aromatic nitrogens is 1. The minimum Gasteiger partial charge on any atom is -0.467 e. The molecule has 0 spiro atoms. The van der Waals surface area contributed by atoms with Crippen molar-refractivity contribution in [1.82, 2.24) is 15.6 Å². The van der Waals surface area contributed by atoms with Crippen LogP contribution < -0.4 is 10.6 Å². The van der Waals surface area contributed by atoms with Crippen molar-refractivity contribution in [3.8, 4) is 9.88 Å². The zero-order valence-corrected chi connectivity index (χ0v) is 16.9. The number of hydrogen-bond donors (Lipinski definition) is 2. The van der Waals surface area contributed by atoms with E-state index in [1.807, 2.05) is 23.6 Å². The third-order valence-corrected chi connectivity index (χ3v) is 6.14. The van der Waals surface area contributed by atoms with Gasteiger partial charge < -0.3 is 15.1 Å². The van der Waals surface area contributed by atoms with E-state index in [1.54, 1.807) is 54.1 Å². The summed E-state index contributed by atoms with van der Waals surface area (Å²) in [5, 5.41) is 8.51. The quantitative estimate of drug-likeness (QED) is 0.464. The minimum atomic E-state index is -0.197. The largest absolute Gasteiger partial charge is 0.467 e. The summed E-state index contributed by atoms with van der Waals surface area (Å²) in [6.07, 6.45) is 3.16. The molecule has 0 bridgehead atoms. The molecule has 2 amide bonds. The molecular formula is C21H17N3O3S2. The first-order valence-corrected chi connectivity index (χ1v) is 10.6. The number of nitrogens with one attached hydrogen (secondary N) is 2. The summed E-state index contributed by atoms with van der Waals surface area (Å²) < 4.78 is 5.21. The highest BCUT2D eigenvalue weighted by atomic mass is 32.1. The summed E-state index contributed by atoms with van der Waals surface area (Å²) >= 11 is 2.95. The average Bonchev–Trinajstić information content (AvgIpc) is 3.51. The maximum absolute atomic E-state index is 12.4. The van der Waals surface area contributed by atoms with Crippen LogP contribution >= 0.6 is 22.7 Å². The fourth-order valence-corrected chi connectivity index (χ4v) is 4.30. The number of carbonyl (C=O) groups excluding carboxylic acids is 2. The number of hydrogen-bond acceptors (Lipinski definition) is 6. The van der Waals surface area contributed by atoms with Gasteiger partial charge >= 0.3 is 0 Å². The summed E-state index contributed by atoms with van der Waals surface area (Å²) in [5.74, 6) is 0.309. The molecule has 0 atom stereocenters. The van der Waals surface area contributed by atoms with Gasteiger partial charge in [-0.25, -0.2) is 4.98 Å². The summed E-state index contributed by atoms with van der Waals surface area (Å²) in [6.45, 7) is 0.648. The van der Waals surface area contributed by atoms with Crippen molar-refractivity contribution >= 4 is 34.5 Å². The van der Waals surface area contributed by atoms with Crippen molar-refractivity contribution in [2.75, 3.05) is 0 Å². The number of thiophene rings is 1. The van der Waals surface area contributed by atoms with Crippen molar-refractivity contribution in [1.29, 1.82) is 0 Å². The predicted octanol–water partition coefficient (Wildman–Crippen LogP) is 4.32. The Kier molecular flexibility index (Phi) is 5.83. The van der Waals surface area contributed by atoms with Gasteiger partial charge in [-0.05, 0) is 41.3 Å². The van der Waals surface area contributed by atoms with Gasteiger partial charge in [-0.1, -0.05) is 18.2 Å². The van der Waals surface area contributed by atoms with Crippen LogP contribution in [-0.2, 0) is 13.1 Å². The number of benzene rings is 1. The molecule has 6 nitrogen and oxygen atoms in total. The molecule has 0 aliphatic rings. The Balaban J connectivity index is 1.34. The molecule has 3 aromatic heterocycles. The number of furan rings is 1. The SMILES string of the molecule is O=C(NCc1ccco1)c1cccc(CNC(=O)c2cnc(-c3cccs3)s2)c1. The topological polar surface area (TPSA) is 84.2 Å². The Morgan fingerprint density at radius 2 is 1.90 bits per heavy atom. The van der Waals surface area contributed by atoms with Crippen LogP contribution in [0.4, 0.5) is 0 Å². The Morgan fingerprint density at radius 3 is 2.69 bits per heavy atom. The van der Waals surface area contributed by atoms with Crippen molar-refractivity contribution in [3.05, 3.63) is 88.1 Å². The van der Waals surface area contributed by atoms with E-state index in [4.69, 9.17) is 4.42 Å². The smallest absolute Gasteiger partial charge is 0.263 e. The molecule has 0 aliphatic carbocycles. The summed E-state index contributed by atoms with van der Waals surface area (Å²) in [4.78, 5) is 30.7. The molecule has 0 fully saturated rings. The molecule has 146 valence electrons. The van der Waals surface area contributed by atoms with Crippen LogP contribution in [0, 0.1) is 0 Å². The van der Waals surface area contributed by atoms with Gasteiger partial charge in [-0.15, -0.1) is 22.7 Å². The fourth-order valence-electron chi connectivity index (χ4n) is 2.67. The zero-order valence-electron chi connectivity index (χ0n) is 15.3. The van der Waals surface area contributed by atoms with E-state index in [1.165, 1.54) is 11.3 Å². The normalized spacial score (nSPS) is 10.6. The summed E-state index contributed by atoms with van der Waals surface area (Å²) in [6, 6.07) is 14.7. The molecule has 4 aromatic rings. The van der Waals surface area contributed by atoms with Crippen LogP contribution in [0.5, 0.6) is 0 Å². The lowest BCUT2D eigenvalue weighted by Gasteiger charge is -2.07. The highest BCUT2D eigenvalue weighted by Gasteiger charge is 2.13. The lowest BCUT2D eigenvalue weighted by molar-refractivity contribution is 0.0944. The van der Waals surface area contributed by atoms with Gasteiger partial charge in [-0.2, -0.15) is 0 Å². The second-order valence-corrected chi connectivity index (χ2v) is 8.13. The number of rotatable bonds is 7. The van der Waals surface area contributed by atoms with E-state index < -0.39 is 0 Å². The van der Waals surface area contributed by atoms with Crippen LogP contribution in [0.3, 0.4) is 0 Å². The summed E-state index contributed by atoms with van der Waals surface area (Å²) in [5.41, 5.74) is 1.37. The standard InChI is InChI=1S/C21H17N3O3S2/c25-19(23-12-16-6-2-8-27-16)15-5-1-4-14(10-15)11-22-20(26)18-13-24-21(29-18)17-7-3-9-28-17/h1-10,13H,11-12H2,(H,22,26)(H,23,25). The molecule has 0 saturated heterocycles. The van der Waals surface area contributed by atoms with Crippen LogP contribution in [0.2, 0.25) is 0 Å². The van der Waals surface area contributed by atoms with Crippen LogP contribution in [0.25, 0.3) is 9.88 Å². The molecule has 8 heteroatoms. The highest BCUT2D eigenvalue weighted by molar-refractivity contribution is 7.21. The van der Waals surface area contributed by atoms with Gasteiger partial charge in [0.1, 0.15) is 15.6 Å². The van der Waals surface area contributed by atoms with E-state index in [9.17, 15) is 9.59 Å². The molecule has 4 rings (SSSR count). The van der Waals surface area contributed by atoms with E-state index in [-0.39, 0.29) is 11.8 Å². The summed E-state index contributed by atoms with van der Waals surface area (Å²) in [7, 11) is 0. The Hall–Kier alpha value is -3.23. The maximum atomic E-state index is 12.4. The third-order valence-electron chi connectivity index (χ3n) is 4.11. The molecule has 3 heterocycles. The van der Waals surface area contributed by atoms with Gasteiger partial charge in [-0.3, -0.25) is 9.59 Å². The lowest BCUT2D eigenvalue weighted by atomic mass is 10.1. The Morgan fingerprint density at radius 1 is 1.00 bits per heavy atom. The third kappa shape index (κ3) is 4.79. The molecule has 29 heavy (non-hydrogen) atoms. The van der Waals surface area contributed by atoms with Gasteiger partial charge in [0, 0.05) is 12.1 Å². The predicted molar refractivity (Wildman–Crippen MR) is 113 cm³/mol. The van der Waals surface area contributed by atoms with Crippen LogP contribution in [-0.4, -0.2) is 16.8 Å². The molecule has 0 unspecified atom stereocenters. The van der Waals surface area contributed by atoms with Gasteiger partial charge in [0.2, 0.25) is 0 Å². The fraction of sp³-hybridized carbons (Fsp3) is 0.0952. The van der Waals surface area contributed by atoms with E-state index in [0.29, 0.717) is 29.3 Å². The van der Waals surface area contributed by atoms with Crippen molar-refractivity contribution in [2.24, 2.45) is 0 Å². The van der Waals surface area contributed by atoms with Gasteiger partial charge in [0.05, 0.1) is 23.9 Å². The number of nitrogens with zero attached hydrogens (tertiary/aromatic N) is 1. The molecule has 1 aromatic carbocycles. The first-order valence-electron chi connectivity index (χ1n) is 8.86. The van der Waals surface area contributed by atoms with Crippen LogP contribution in [0.1, 0.15) is 31.4 Å². The van der Waals surface area contributed by atoms with Crippen LogP contribution in [0.15, 0.2) is 70.8 Å². The molecular weight excluding hydrogens is 406 g/mol. The van der Waals surface area contributed by atoms with Gasteiger partial charge in [0.25, 0.3) is 11.8 Å². The monoisotopic (exact) mass is 423 g/mol. The number of carbonyl (C=O) groups is 2. The van der Waals surface area contributed by atoms with E-state index >= 15 is 0 Å². The molecule has 0 aliphatic heterocycles. The maximum Gasteiger partial charge on any atom is 0.263 e. The Bertz CT molecular complexity index is 1100. The molecule has 0 saturated carbocycles. The van der Waals surface area contributed by atoms with Crippen molar-refractivity contribution in [3.63, 3.8) is 0 Å². The number of thiazole rings is 1. The molecule has 0 radical (unpaired) electrons. The van der Waals surface area contributed by atoms with E-state index in [0.717, 1.165) is 15.4 Å². The highest BCUT2D eigenvalue weighted by Crippen LogP contribution is 2.28. The van der Waals surface area contributed by atoms with E-state index in [2.05, 4.69) is 15.6 Å². The minimum absolute atomic E-state index is 0.182. The zero-order chi connectivity index (χ0) is 20.1. The first-order chi connectivity index (χ1) is 14.2. The number of amides is 2. The van der Waals surface area contributed by atoms with Crippen molar-refractivity contribution < 1.29 is 14.0 Å². The lowest BCUT2D eigenvalue weighted by Crippen LogP contribution is -2.24. The molecule has 2 N–H and O–H groups in total. The second kappa shape index (κ2) is 8.85. The second-order valence-electron chi connectivity index (χ2n) is 6.15. The first kappa shape index (κ1) is 19.1. The van der Waals surface area contributed by atoms with Crippen molar-refractivity contribution in [2.45, 2.75) is 13.1 Å². The Labute approximate surface area is 175 Å². The average molecular weight is 424 g/mol. The van der Waals surface area contributed by atoms with Gasteiger partial charge in [0.15, 0.2) is 0 Å².